The second-order valence-corrected chi connectivity index (χ2v) is 13.0. The third kappa shape index (κ3) is 8.40. The number of primary amides is 1. The van der Waals surface area contributed by atoms with Crippen LogP contribution in [0.25, 0.3) is 11.0 Å². The number of alkyl halides is 5. The molecule has 2 amide bonds. The first-order chi connectivity index (χ1) is 21.0. The summed E-state index contributed by atoms with van der Waals surface area (Å²) in [6.45, 7) is 10.3. The smallest absolute Gasteiger partial charge is 0.365 e. The van der Waals surface area contributed by atoms with E-state index in [1.54, 1.807) is 25.1 Å². The van der Waals surface area contributed by atoms with E-state index < -0.39 is 48.7 Å². The Labute approximate surface area is 259 Å². The fraction of sp³-hybridized carbons (Fsp3) is 0.625. The summed E-state index contributed by atoms with van der Waals surface area (Å²) in [7, 11) is 0. The number of nitrogens with two attached hydrogens (primary N) is 1. The maximum absolute atomic E-state index is 14.3. The highest BCUT2D eigenvalue weighted by Crippen LogP contribution is 2.46. The molecule has 1 aliphatic rings. The average molecular weight is 639 g/mol. The molecule has 0 bridgehead atoms. The van der Waals surface area contributed by atoms with Gasteiger partial charge >= 0.3 is 6.18 Å². The van der Waals surface area contributed by atoms with E-state index in [0.29, 0.717) is 51.8 Å². The van der Waals surface area contributed by atoms with Crippen LogP contribution in [0.2, 0.25) is 0 Å². The molecule has 0 unspecified atom stereocenters. The fourth-order valence-corrected chi connectivity index (χ4v) is 6.19. The molecular formula is C32H43F5N6O2. The number of carbonyl (C=O) groups excluding carboxylic acids is 2. The van der Waals surface area contributed by atoms with Crippen LogP contribution in [0.1, 0.15) is 131 Å². The van der Waals surface area contributed by atoms with Crippen LogP contribution in [0.4, 0.5) is 22.0 Å². The van der Waals surface area contributed by atoms with Crippen molar-refractivity contribution >= 4 is 22.8 Å². The van der Waals surface area contributed by atoms with Gasteiger partial charge in [-0.05, 0) is 61.6 Å². The van der Waals surface area contributed by atoms with Gasteiger partial charge in [-0.15, -0.1) is 0 Å². The Bertz CT molecular complexity index is 1500. The van der Waals surface area contributed by atoms with Crippen LogP contribution >= 0.6 is 0 Å². The minimum absolute atomic E-state index is 0.0803. The average Bonchev–Trinajstić information content (AvgIpc) is 3.53. The molecule has 2 atom stereocenters. The number of nitrogens with one attached hydrogen (secondary N) is 2. The van der Waals surface area contributed by atoms with Crippen molar-refractivity contribution < 1.29 is 31.5 Å². The van der Waals surface area contributed by atoms with Gasteiger partial charge in [0.25, 0.3) is 5.91 Å². The molecule has 8 nitrogen and oxygen atoms in total. The third-order valence-electron chi connectivity index (χ3n) is 8.59. The highest BCUT2D eigenvalue weighted by atomic mass is 19.4. The Morgan fingerprint density at radius 3 is 2.38 bits per heavy atom. The molecule has 0 saturated heterocycles. The molecule has 248 valence electrons. The van der Waals surface area contributed by atoms with Gasteiger partial charge in [0.05, 0.1) is 46.4 Å². The molecule has 0 radical (unpaired) electrons. The first-order valence-corrected chi connectivity index (χ1v) is 15.6. The number of H-pyrrole nitrogens is 1. The van der Waals surface area contributed by atoms with Gasteiger partial charge in [0.15, 0.2) is 0 Å². The number of aryl methyl sites for hydroxylation is 1. The van der Waals surface area contributed by atoms with E-state index in [1.807, 2.05) is 18.5 Å². The zero-order chi connectivity index (χ0) is 33.3. The number of halogens is 5. The largest absolute Gasteiger partial charge is 0.389 e. The van der Waals surface area contributed by atoms with Crippen molar-refractivity contribution in [2.24, 2.45) is 17.6 Å². The van der Waals surface area contributed by atoms with Crippen molar-refractivity contribution in [3.05, 3.63) is 46.5 Å². The number of aromatic nitrogens is 4. The van der Waals surface area contributed by atoms with Crippen LogP contribution in [0.15, 0.2) is 18.2 Å². The van der Waals surface area contributed by atoms with Crippen LogP contribution in [0.5, 0.6) is 0 Å². The Hall–Kier alpha value is -3.51. The van der Waals surface area contributed by atoms with E-state index in [4.69, 9.17) is 15.8 Å². The molecule has 1 saturated carbocycles. The first-order valence-electron chi connectivity index (χ1n) is 15.6. The molecule has 2 heterocycles. The summed E-state index contributed by atoms with van der Waals surface area (Å²) in [5.41, 5.74) is 9.22. The summed E-state index contributed by atoms with van der Waals surface area (Å²) in [4.78, 5) is 33.3. The zero-order valence-corrected chi connectivity index (χ0v) is 26.4. The van der Waals surface area contributed by atoms with Crippen LogP contribution in [-0.4, -0.2) is 43.7 Å². The minimum atomic E-state index is -4.43. The predicted octanol–water partition coefficient (Wildman–Crippen LogP) is 7.50. The van der Waals surface area contributed by atoms with Crippen molar-refractivity contribution in [3.8, 4) is 0 Å². The van der Waals surface area contributed by atoms with Crippen molar-refractivity contribution in [1.82, 2.24) is 25.1 Å². The summed E-state index contributed by atoms with van der Waals surface area (Å²) in [5, 5.41) is 7.54. The molecule has 1 fully saturated rings. The maximum atomic E-state index is 14.3. The predicted molar refractivity (Wildman–Crippen MR) is 161 cm³/mol. The van der Waals surface area contributed by atoms with E-state index in [0.717, 1.165) is 6.42 Å². The zero-order valence-electron chi connectivity index (χ0n) is 26.4. The topological polar surface area (TPSA) is 119 Å². The van der Waals surface area contributed by atoms with Crippen LogP contribution < -0.4 is 11.1 Å². The number of imidazole rings is 1. The third-order valence-corrected chi connectivity index (χ3v) is 8.59. The SMILES string of the molecule is CC(C)CCn1nc([C@@H](c2nc3ccc([C@@H](C)NC(=O)CCC(F)(F)F)cc3[nH]2)C2CCC(F)(F)CC2)c(C(N)=O)c1C(C)C. The highest BCUT2D eigenvalue weighted by molar-refractivity contribution is 5.95. The number of hydrogen-bond acceptors (Lipinski definition) is 4. The van der Waals surface area contributed by atoms with Crippen LogP contribution in [0, 0.1) is 11.8 Å². The normalized spacial score (nSPS) is 17.2. The molecule has 0 aliphatic heterocycles. The maximum Gasteiger partial charge on any atom is 0.389 e. The molecule has 4 N–H and O–H groups in total. The van der Waals surface area contributed by atoms with Gasteiger partial charge in [0.1, 0.15) is 5.82 Å². The number of aromatic amines is 1. The lowest BCUT2D eigenvalue weighted by Crippen LogP contribution is -2.30. The van der Waals surface area contributed by atoms with Crippen LogP contribution in [0.3, 0.4) is 0 Å². The molecule has 45 heavy (non-hydrogen) atoms. The van der Waals surface area contributed by atoms with E-state index in [9.17, 15) is 31.5 Å². The van der Waals surface area contributed by atoms with Gasteiger partial charge in [0.2, 0.25) is 11.8 Å². The number of nitrogens with zero attached hydrogens (tertiary/aromatic N) is 3. The molecule has 1 aromatic carbocycles. The minimum Gasteiger partial charge on any atom is -0.365 e. The molecule has 1 aliphatic carbocycles. The van der Waals surface area contributed by atoms with Gasteiger partial charge in [0, 0.05) is 25.8 Å². The van der Waals surface area contributed by atoms with Gasteiger partial charge in [-0.1, -0.05) is 33.8 Å². The number of fused-ring (bicyclic) bond motifs is 1. The second-order valence-electron chi connectivity index (χ2n) is 13.0. The number of benzene rings is 1. The molecular weight excluding hydrogens is 595 g/mol. The lowest BCUT2D eigenvalue weighted by Gasteiger charge is -2.32. The monoisotopic (exact) mass is 638 g/mol. The summed E-state index contributed by atoms with van der Waals surface area (Å²) in [5.74, 6) is -4.26. The Balaban J connectivity index is 1.75. The fourth-order valence-electron chi connectivity index (χ4n) is 6.19. The molecule has 3 aromatic rings. The van der Waals surface area contributed by atoms with E-state index in [2.05, 4.69) is 24.1 Å². The van der Waals surface area contributed by atoms with Crippen molar-refractivity contribution in [1.29, 1.82) is 0 Å². The standard InChI is InChI=1S/C32H43F5N6O2/c1-17(2)11-15-43-28(18(3)4)26(29(38)45)27(42-43)25(20-8-12-31(33,34)13-9-20)30-40-22-7-6-21(16-23(22)41-30)19(5)39-24(44)10-14-32(35,36)37/h6-7,16-20,25H,8-15H2,1-5H3,(H2,38,45)(H,39,44)(H,40,41)/t19-,25+/m1/s1. The van der Waals surface area contributed by atoms with Crippen LogP contribution in [-0.2, 0) is 11.3 Å². The number of hydrogen-bond donors (Lipinski definition) is 3. The molecule has 13 heteroatoms. The Kier molecular flexibility index (Phi) is 10.3. The first kappa shape index (κ1) is 34.4. The summed E-state index contributed by atoms with van der Waals surface area (Å²) < 4.78 is 68.1. The number of carbonyl (C=O) groups is 2. The quantitative estimate of drug-likeness (QED) is 0.178. The Morgan fingerprint density at radius 2 is 1.80 bits per heavy atom. The molecule has 4 rings (SSSR count). The Morgan fingerprint density at radius 1 is 1.13 bits per heavy atom. The van der Waals surface area contributed by atoms with Crippen molar-refractivity contribution in [2.45, 2.75) is 116 Å². The molecule has 0 spiro atoms. The highest BCUT2D eigenvalue weighted by Gasteiger charge is 2.42. The summed E-state index contributed by atoms with van der Waals surface area (Å²) >= 11 is 0. The second kappa shape index (κ2) is 13.5. The van der Waals surface area contributed by atoms with E-state index in [-0.39, 0.29) is 37.5 Å². The van der Waals surface area contributed by atoms with Crippen molar-refractivity contribution in [3.63, 3.8) is 0 Å². The summed E-state index contributed by atoms with van der Waals surface area (Å²) in [6, 6.07) is 4.63. The van der Waals surface area contributed by atoms with Crippen molar-refractivity contribution in [2.75, 3.05) is 0 Å². The lowest BCUT2D eigenvalue weighted by molar-refractivity contribution is -0.144. The number of rotatable bonds is 12. The summed E-state index contributed by atoms with van der Waals surface area (Å²) in [6.07, 6.45) is -5.66. The molecule has 2 aromatic heterocycles. The van der Waals surface area contributed by atoms with E-state index >= 15 is 0 Å². The van der Waals surface area contributed by atoms with Gasteiger partial charge in [-0.3, -0.25) is 14.3 Å². The van der Waals surface area contributed by atoms with E-state index in [1.165, 1.54) is 0 Å². The van der Waals surface area contributed by atoms with Gasteiger partial charge in [-0.2, -0.15) is 18.3 Å². The number of amides is 2. The lowest BCUT2D eigenvalue weighted by atomic mass is 9.75. The van der Waals surface area contributed by atoms with Gasteiger partial charge in [-0.25, -0.2) is 13.8 Å². The van der Waals surface area contributed by atoms with Gasteiger partial charge < -0.3 is 16.0 Å².